The number of hydrogen-bond acceptors (Lipinski definition) is 8. The molecule has 0 aliphatic rings. The van der Waals surface area contributed by atoms with Gasteiger partial charge in [0.25, 0.3) is 0 Å². The molecular formula is C12H18N2O12Zn3. The largest absolute Gasteiger partial charge is 0.480 e. The maximum atomic E-state index is 10.1. The predicted molar refractivity (Wildman–Crippen MR) is 78.7 cm³/mol. The molecule has 0 radical (unpaired) electrons. The fraction of sp³-hybridized carbons (Fsp3) is 0.500. The van der Waals surface area contributed by atoms with Crippen molar-refractivity contribution in [2.45, 2.75) is 0 Å². The Balaban J connectivity index is -0.000000120. The number of carboxylic acids is 6. The molecule has 0 aromatic heterocycles. The van der Waals surface area contributed by atoms with Gasteiger partial charge in [-0.3, -0.25) is 38.6 Å². The smallest absolute Gasteiger partial charge is 0.317 e. The number of carbonyl (C=O) groups is 6. The SMILES string of the molecule is O=C(O)CN(CC(=O)O)CC(=O)O.O=C(O)CN(CC(=O)O)CC(=O)O.[Zn].[Zn].[Zn]. The quantitative estimate of drug-likeness (QED) is 0.127. The van der Waals surface area contributed by atoms with Crippen molar-refractivity contribution in [2.24, 2.45) is 0 Å². The van der Waals surface area contributed by atoms with Crippen LogP contribution < -0.4 is 0 Å². The van der Waals surface area contributed by atoms with E-state index in [0.29, 0.717) is 0 Å². The van der Waals surface area contributed by atoms with Gasteiger partial charge in [0.15, 0.2) is 0 Å². The first-order chi connectivity index (χ1) is 11.8. The minimum Gasteiger partial charge on any atom is -0.480 e. The Kier molecular flexibility index (Phi) is 28.1. The fourth-order valence-electron chi connectivity index (χ4n) is 1.48. The van der Waals surface area contributed by atoms with Crippen LogP contribution in [0.5, 0.6) is 0 Å². The first-order valence-corrected chi connectivity index (χ1v) is 6.59. The van der Waals surface area contributed by atoms with Crippen molar-refractivity contribution in [1.82, 2.24) is 9.80 Å². The van der Waals surface area contributed by atoms with Crippen LogP contribution in [-0.2, 0) is 87.2 Å². The molecule has 0 bridgehead atoms. The maximum absolute atomic E-state index is 10.1. The third-order valence-corrected chi connectivity index (χ3v) is 2.15. The molecule has 0 heterocycles. The standard InChI is InChI=1S/2C6H9NO6.3Zn/c2*8-4(9)1-7(2-5(10)11)3-6(12)13;;;/h2*1-3H2,(H,8,9)(H,10,11)(H,12,13);;;. The number of nitrogens with zero attached hydrogens (tertiary/aromatic N) is 2. The van der Waals surface area contributed by atoms with Gasteiger partial charge in [0.1, 0.15) is 0 Å². The fourth-order valence-corrected chi connectivity index (χ4v) is 1.48. The van der Waals surface area contributed by atoms with Gasteiger partial charge >= 0.3 is 35.8 Å². The van der Waals surface area contributed by atoms with Crippen LogP contribution in [0.3, 0.4) is 0 Å². The minimum absolute atomic E-state index is 0. The third-order valence-electron chi connectivity index (χ3n) is 2.15. The summed E-state index contributed by atoms with van der Waals surface area (Å²) in [7, 11) is 0. The molecule has 29 heavy (non-hydrogen) atoms. The molecule has 0 aliphatic heterocycles. The first kappa shape index (κ1) is 38.2. The van der Waals surface area contributed by atoms with Crippen molar-refractivity contribution < 1.29 is 118 Å². The van der Waals surface area contributed by atoms with Crippen LogP contribution in [0.4, 0.5) is 0 Å². The molecule has 0 saturated carbocycles. The Bertz CT molecular complexity index is 436. The molecule has 0 aliphatic carbocycles. The molecule has 0 saturated heterocycles. The Morgan fingerprint density at radius 2 is 0.483 bits per heavy atom. The number of aliphatic carboxylic acids is 6. The van der Waals surface area contributed by atoms with Gasteiger partial charge in [0.05, 0.1) is 39.3 Å². The summed E-state index contributed by atoms with van der Waals surface area (Å²) in [6.45, 7) is -3.59. The molecule has 0 aromatic carbocycles. The van der Waals surface area contributed by atoms with E-state index in [1.165, 1.54) is 0 Å². The average molecular weight is 578 g/mol. The maximum Gasteiger partial charge on any atom is 0.317 e. The summed E-state index contributed by atoms with van der Waals surface area (Å²) in [5, 5.41) is 49.7. The van der Waals surface area contributed by atoms with E-state index >= 15 is 0 Å². The van der Waals surface area contributed by atoms with Gasteiger partial charge in [0, 0.05) is 58.4 Å². The van der Waals surface area contributed by atoms with Crippen molar-refractivity contribution in [3.8, 4) is 0 Å². The van der Waals surface area contributed by atoms with Crippen LogP contribution in [0.25, 0.3) is 0 Å². The van der Waals surface area contributed by atoms with Crippen LogP contribution in [0.1, 0.15) is 0 Å². The van der Waals surface area contributed by atoms with Crippen LogP contribution in [0.15, 0.2) is 0 Å². The van der Waals surface area contributed by atoms with E-state index in [1.54, 1.807) is 0 Å². The van der Waals surface area contributed by atoms with E-state index in [0.717, 1.165) is 9.80 Å². The Hall–Kier alpha value is -1.39. The van der Waals surface area contributed by atoms with Crippen molar-refractivity contribution in [1.29, 1.82) is 0 Å². The van der Waals surface area contributed by atoms with Gasteiger partial charge in [-0.05, 0) is 0 Å². The summed E-state index contributed by atoms with van der Waals surface area (Å²) in [6.07, 6.45) is 0. The average Bonchev–Trinajstić information content (AvgIpc) is 2.33. The van der Waals surface area contributed by atoms with E-state index in [2.05, 4.69) is 0 Å². The van der Waals surface area contributed by atoms with Crippen molar-refractivity contribution in [3.05, 3.63) is 0 Å². The molecule has 0 atom stereocenters. The molecule has 6 N–H and O–H groups in total. The number of rotatable bonds is 12. The molecule has 17 heteroatoms. The topological polar surface area (TPSA) is 230 Å². The van der Waals surface area contributed by atoms with Gasteiger partial charge in [-0.2, -0.15) is 0 Å². The molecule has 0 spiro atoms. The molecule has 0 fully saturated rings. The second-order valence-electron chi connectivity index (χ2n) is 4.65. The summed E-state index contributed by atoms with van der Waals surface area (Å²) in [6, 6.07) is 0. The van der Waals surface area contributed by atoms with Crippen LogP contribution in [-0.4, -0.2) is 116 Å². The van der Waals surface area contributed by atoms with E-state index in [9.17, 15) is 28.8 Å². The third kappa shape index (κ3) is 31.5. The van der Waals surface area contributed by atoms with Gasteiger partial charge < -0.3 is 30.6 Å². The molecule has 0 amide bonds. The first-order valence-electron chi connectivity index (χ1n) is 6.59. The van der Waals surface area contributed by atoms with E-state index in [4.69, 9.17) is 30.6 Å². The summed E-state index contributed by atoms with van der Waals surface area (Å²) in [5.74, 6) is -7.57. The minimum atomic E-state index is -1.26. The molecule has 0 aromatic rings. The monoisotopic (exact) mass is 574 g/mol. The van der Waals surface area contributed by atoms with Crippen molar-refractivity contribution in [3.63, 3.8) is 0 Å². The van der Waals surface area contributed by atoms with Crippen LogP contribution >= 0.6 is 0 Å². The van der Waals surface area contributed by atoms with Crippen molar-refractivity contribution >= 4 is 35.8 Å². The Morgan fingerprint density at radius 1 is 0.379 bits per heavy atom. The zero-order chi connectivity index (χ0) is 20.9. The van der Waals surface area contributed by atoms with E-state index in [1.807, 2.05) is 0 Å². The van der Waals surface area contributed by atoms with Crippen molar-refractivity contribution in [2.75, 3.05) is 39.3 Å². The summed E-state index contributed by atoms with van der Waals surface area (Å²) < 4.78 is 0. The summed E-state index contributed by atoms with van der Waals surface area (Å²) in [5.41, 5.74) is 0. The Labute approximate surface area is 202 Å². The molecule has 0 rings (SSSR count). The molecule has 154 valence electrons. The second-order valence-corrected chi connectivity index (χ2v) is 4.65. The zero-order valence-corrected chi connectivity index (χ0v) is 24.3. The predicted octanol–water partition coefficient (Wildman–Crippen LogP) is -2.92. The summed E-state index contributed by atoms with van der Waals surface area (Å²) >= 11 is 0. The van der Waals surface area contributed by atoms with E-state index in [-0.39, 0.29) is 58.4 Å². The number of carboxylic acid groups (broad SMARTS) is 6. The van der Waals surface area contributed by atoms with Gasteiger partial charge in [-0.15, -0.1) is 0 Å². The Morgan fingerprint density at radius 3 is 0.552 bits per heavy atom. The van der Waals surface area contributed by atoms with Gasteiger partial charge in [0.2, 0.25) is 0 Å². The number of hydrogen-bond donors (Lipinski definition) is 6. The van der Waals surface area contributed by atoms with Crippen LogP contribution in [0.2, 0.25) is 0 Å². The molecule has 0 unspecified atom stereocenters. The zero-order valence-electron chi connectivity index (χ0n) is 15.4. The van der Waals surface area contributed by atoms with E-state index < -0.39 is 75.1 Å². The summed E-state index contributed by atoms with van der Waals surface area (Å²) in [4.78, 5) is 62.5. The van der Waals surface area contributed by atoms with Gasteiger partial charge in [-0.1, -0.05) is 0 Å². The van der Waals surface area contributed by atoms with Crippen LogP contribution in [0, 0.1) is 0 Å². The molecular weight excluding hydrogens is 560 g/mol. The second kappa shape index (κ2) is 21.3. The normalized spacial score (nSPS) is 8.90. The van der Waals surface area contributed by atoms with Gasteiger partial charge in [-0.25, -0.2) is 0 Å². The molecule has 14 nitrogen and oxygen atoms in total.